The summed E-state index contributed by atoms with van der Waals surface area (Å²) in [6, 6.07) is 11.5. The molecule has 3 atom stereocenters. The van der Waals surface area contributed by atoms with Crippen molar-refractivity contribution in [2.75, 3.05) is 78.5 Å². The number of carboxylic acid groups (broad SMARTS) is 6. The van der Waals surface area contributed by atoms with Gasteiger partial charge in [-0.3, -0.25) is 53.2 Å². The van der Waals surface area contributed by atoms with Gasteiger partial charge in [0.2, 0.25) is 5.91 Å². The van der Waals surface area contributed by atoms with E-state index in [-0.39, 0.29) is 104 Å². The fourth-order valence-corrected chi connectivity index (χ4v) is 9.26. The summed E-state index contributed by atoms with van der Waals surface area (Å²) in [5.41, 5.74) is 2.73. The second kappa shape index (κ2) is 33.9. The Bertz CT molecular complexity index is 2240. The number of halogens is 1. The lowest BCUT2D eigenvalue weighted by Crippen LogP contribution is -2.53. The van der Waals surface area contributed by atoms with Gasteiger partial charge in [-0.1, -0.05) is 71.0 Å². The molecule has 3 unspecified atom stereocenters. The van der Waals surface area contributed by atoms with Crippen molar-refractivity contribution in [1.82, 2.24) is 35.1 Å². The van der Waals surface area contributed by atoms with Gasteiger partial charge in [-0.05, 0) is 92.0 Å². The zero-order valence-electron chi connectivity index (χ0n) is 42.4. The van der Waals surface area contributed by atoms with Crippen LogP contribution in [0.4, 0.5) is 4.79 Å². The number of carboxylic acids is 6. The van der Waals surface area contributed by atoms with Crippen LogP contribution in [0.1, 0.15) is 87.8 Å². The maximum atomic E-state index is 13.6. The first-order valence-electron chi connectivity index (χ1n) is 25.0. The van der Waals surface area contributed by atoms with Crippen molar-refractivity contribution in [3.05, 3.63) is 69.7 Å². The molecule has 8 N–H and O–H groups in total. The number of urea groups is 1. The highest BCUT2D eigenvalue weighted by atomic mass is 79.9. The van der Waals surface area contributed by atoms with Crippen LogP contribution in [-0.2, 0) is 57.7 Å². The van der Waals surface area contributed by atoms with Crippen molar-refractivity contribution < 1.29 is 73.8 Å². The highest BCUT2D eigenvalue weighted by Gasteiger charge is 2.28. The van der Waals surface area contributed by atoms with E-state index in [1.807, 2.05) is 48.5 Å². The maximum Gasteiger partial charge on any atom is 0.326 e. The third-order valence-corrected chi connectivity index (χ3v) is 13.5. The molecule has 3 amide bonds. The van der Waals surface area contributed by atoms with Crippen LogP contribution in [0.15, 0.2) is 53.0 Å². The van der Waals surface area contributed by atoms with Gasteiger partial charge in [0.25, 0.3) is 0 Å². The molecule has 0 spiro atoms. The summed E-state index contributed by atoms with van der Waals surface area (Å²) in [5.74, 6) is -7.29. The Balaban J connectivity index is 1.58. The van der Waals surface area contributed by atoms with Gasteiger partial charge >= 0.3 is 41.8 Å². The normalized spacial score (nSPS) is 16.1. The van der Waals surface area contributed by atoms with Crippen LogP contribution in [-0.4, -0.2) is 210 Å². The van der Waals surface area contributed by atoms with Crippen LogP contribution in [0.3, 0.4) is 0 Å². The summed E-state index contributed by atoms with van der Waals surface area (Å²) in [7, 11) is 0. The topological polar surface area (TPSA) is 315 Å². The first-order chi connectivity index (χ1) is 35.6. The molecule has 0 radical (unpaired) electrons. The van der Waals surface area contributed by atoms with Crippen LogP contribution >= 0.6 is 28.1 Å². The predicted octanol–water partition coefficient (Wildman–Crippen LogP) is 3.56. The quantitative estimate of drug-likeness (QED) is 0.0384. The molecular formula is C51H72BrN7O15S. The van der Waals surface area contributed by atoms with Gasteiger partial charge in [0.15, 0.2) is 5.78 Å². The van der Waals surface area contributed by atoms with Gasteiger partial charge in [0, 0.05) is 88.7 Å². The van der Waals surface area contributed by atoms with Gasteiger partial charge in [-0.15, -0.1) is 0 Å². The fourth-order valence-electron chi connectivity index (χ4n) is 8.68. The van der Waals surface area contributed by atoms with Crippen LogP contribution in [0.2, 0.25) is 0 Å². The Morgan fingerprint density at radius 2 is 1.12 bits per heavy atom. The average Bonchev–Trinajstić information content (AvgIpc) is 3.32. The SMILES string of the molecule is CC(=O)C(CCC(=O)O)NC(=O)NC(CCCCN(Cc1ccc(Br)cc1)C(=O)CCCCCC(=S)Cc1ccc(CC2CN(CC(=O)O)CCN(CC(=O)O)CCN(CC(=O)O)CCN2CC(=O)O)cc1)C(=O)O. The molecule has 1 saturated heterocycles. The Morgan fingerprint density at radius 3 is 1.68 bits per heavy atom. The highest BCUT2D eigenvalue weighted by molar-refractivity contribution is 9.10. The van der Waals surface area contributed by atoms with E-state index in [1.54, 1.807) is 24.5 Å². The number of rotatable bonds is 32. The Morgan fingerprint density at radius 1 is 0.600 bits per heavy atom. The number of ketones is 1. The number of Topliss-reactive ketones (excluding diaryl/α,β-unsaturated/α-hetero) is 1. The molecular weight excluding hydrogens is 1060 g/mol. The van der Waals surface area contributed by atoms with Gasteiger partial charge in [0.05, 0.1) is 32.2 Å². The van der Waals surface area contributed by atoms with Crippen LogP contribution in [0.25, 0.3) is 0 Å². The number of nitrogens with one attached hydrogen (secondary N) is 2. The monoisotopic (exact) mass is 1130 g/mol. The summed E-state index contributed by atoms with van der Waals surface area (Å²) in [4.78, 5) is 118. The third kappa shape index (κ3) is 26.9. The minimum absolute atomic E-state index is 0.0484. The molecule has 2 aromatic carbocycles. The summed E-state index contributed by atoms with van der Waals surface area (Å²) < 4.78 is 0.882. The van der Waals surface area contributed by atoms with Gasteiger partial charge in [0.1, 0.15) is 6.04 Å². The zero-order chi connectivity index (χ0) is 55.5. The van der Waals surface area contributed by atoms with E-state index in [9.17, 15) is 68.7 Å². The molecule has 414 valence electrons. The molecule has 75 heavy (non-hydrogen) atoms. The van der Waals surface area contributed by atoms with Crippen molar-refractivity contribution in [3.8, 4) is 0 Å². The number of unbranched alkanes of at least 4 members (excludes halogenated alkanes) is 3. The molecule has 1 aliphatic rings. The van der Waals surface area contributed by atoms with Crippen molar-refractivity contribution in [2.24, 2.45) is 0 Å². The number of aliphatic carboxylic acids is 6. The predicted molar refractivity (Wildman–Crippen MR) is 283 cm³/mol. The number of hydrogen-bond donors (Lipinski definition) is 8. The number of thiocarbonyl (C=S) groups is 1. The summed E-state index contributed by atoms with van der Waals surface area (Å²) in [5, 5.41) is 62.3. The maximum absolute atomic E-state index is 13.6. The average molecular weight is 1140 g/mol. The lowest BCUT2D eigenvalue weighted by molar-refractivity contribution is -0.142. The van der Waals surface area contributed by atoms with Gasteiger partial charge in [-0.25, -0.2) is 9.59 Å². The van der Waals surface area contributed by atoms with E-state index in [2.05, 4.69) is 26.6 Å². The molecule has 24 heteroatoms. The van der Waals surface area contributed by atoms with Gasteiger partial charge in [-0.2, -0.15) is 0 Å². The smallest absolute Gasteiger partial charge is 0.326 e. The van der Waals surface area contributed by atoms with Crippen LogP contribution in [0, 0.1) is 0 Å². The first kappa shape index (κ1) is 63.4. The van der Waals surface area contributed by atoms with Gasteiger partial charge < -0.3 is 46.2 Å². The van der Waals surface area contributed by atoms with E-state index in [4.69, 9.17) is 17.3 Å². The molecule has 2 aromatic rings. The number of nitrogens with zero attached hydrogens (tertiary/aromatic N) is 5. The Hall–Kier alpha value is -5.92. The summed E-state index contributed by atoms with van der Waals surface area (Å²) >= 11 is 9.20. The number of carbonyl (C=O) groups is 9. The van der Waals surface area contributed by atoms with Crippen molar-refractivity contribution in [1.29, 1.82) is 0 Å². The molecule has 1 fully saturated rings. The van der Waals surface area contributed by atoms with Crippen molar-refractivity contribution in [3.63, 3.8) is 0 Å². The molecule has 22 nitrogen and oxygen atoms in total. The van der Waals surface area contributed by atoms with E-state index in [1.165, 1.54) is 6.92 Å². The lowest BCUT2D eigenvalue weighted by atomic mass is 9.99. The Labute approximate surface area is 450 Å². The summed E-state index contributed by atoms with van der Waals surface area (Å²) in [6.07, 6.45) is 4.26. The van der Waals surface area contributed by atoms with E-state index >= 15 is 0 Å². The number of carbonyl (C=O) groups excluding carboxylic acids is 3. The molecule has 3 rings (SSSR count). The highest BCUT2D eigenvalue weighted by Crippen LogP contribution is 2.18. The molecule has 0 aliphatic carbocycles. The van der Waals surface area contributed by atoms with E-state index in [0.717, 1.165) is 38.9 Å². The lowest BCUT2D eigenvalue weighted by Gasteiger charge is -2.37. The number of hydrogen-bond acceptors (Lipinski definition) is 14. The van der Waals surface area contributed by atoms with Crippen LogP contribution < -0.4 is 10.6 Å². The second-order valence-electron chi connectivity index (χ2n) is 18.8. The molecule has 1 aliphatic heterocycles. The molecule has 0 saturated carbocycles. The standard InChI is InChI=1S/C51H72BrN7O15S/c1-35(60)42(18-19-45(62)63)53-51(74)54-43(50(72)73)8-5-6-20-59(29-38-14-16-39(52)17-15-38)44(61)9-4-2-3-7-41(75)28-37-12-10-36(11-13-37)27-40-30-57(33-48(68)69)24-23-55(31-46(64)65)21-22-56(32-47(66)67)25-26-58(40)34-49(70)71/h10-17,40,42-43H,2-9,18-34H2,1H3,(H,62,63)(H,64,65)(H,66,67)(H,68,69)(H,70,71)(H,72,73)(H2,53,54,74). The third-order valence-electron chi connectivity index (χ3n) is 12.7. The second-order valence-corrected chi connectivity index (χ2v) is 20.3. The van der Waals surface area contributed by atoms with Crippen molar-refractivity contribution >= 4 is 86.5 Å². The zero-order valence-corrected chi connectivity index (χ0v) is 44.8. The Kier molecular flexibility index (Phi) is 28.6. The molecule has 0 aromatic heterocycles. The molecule has 0 bridgehead atoms. The number of amides is 3. The number of benzene rings is 2. The fraction of sp³-hybridized carbons (Fsp3) is 0.569. The largest absolute Gasteiger partial charge is 0.481 e. The molecule has 1 heterocycles. The van der Waals surface area contributed by atoms with Crippen LogP contribution in [0.5, 0.6) is 0 Å². The van der Waals surface area contributed by atoms with E-state index < -0.39 is 65.8 Å². The van der Waals surface area contributed by atoms with E-state index in [0.29, 0.717) is 51.6 Å². The minimum atomic E-state index is -1.28. The van der Waals surface area contributed by atoms with Crippen molar-refractivity contribution in [2.45, 2.75) is 109 Å². The minimum Gasteiger partial charge on any atom is -0.481 e. The first-order valence-corrected chi connectivity index (χ1v) is 26.2. The summed E-state index contributed by atoms with van der Waals surface area (Å²) in [6.45, 7) is 1.85.